The maximum Gasteiger partial charge on any atom is 0.185 e. The van der Waals surface area contributed by atoms with Crippen LogP contribution in [0.15, 0.2) is 0 Å². The molecule has 114 valence electrons. The minimum atomic E-state index is 0.354. The van der Waals surface area contributed by atoms with Crippen LogP contribution >= 0.6 is 11.3 Å². The first-order valence-electron chi connectivity index (χ1n) is 7.91. The molecule has 1 aromatic rings. The van der Waals surface area contributed by atoms with Crippen molar-refractivity contribution in [1.29, 1.82) is 0 Å². The third-order valence-corrected chi connectivity index (χ3v) is 5.29. The molecule has 1 heterocycles. The SMILES string of the molecule is CCCNC1CC(C)(C)Cc2nc(N(C)CCC)sc21. The van der Waals surface area contributed by atoms with Gasteiger partial charge >= 0.3 is 0 Å². The Kier molecular flexibility index (Phi) is 5.08. The Morgan fingerprint density at radius 2 is 2.10 bits per heavy atom. The Hall–Kier alpha value is -0.610. The summed E-state index contributed by atoms with van der Waals surface area (Å²) < 4.78 is 0. The highest BCUT2D eigenvalue weighted by molar-refractivity contribution is 7.15. The molecule has 0 aliphatic heterocycles. The zero-order chi connectivity index (χ0) is 14.8. The lowest BCUT2D eigenvalue weighted by molar-refractivity contribution is 0.258. The first-order chi connectivity index (χ1) is 9.46. The summed E-state index contributed by atoms with van der Waals surface area (Å²) in [4.78, 5) is 8.71. The number of nitrogens with zero attached hydrogens (tertiary/aromatic N) is 2. The second kappa shape index (κ2) is 6.44. The second-order valence-electron chi connectivity index (χ2n) is 6.78. The van der Waals surface area contributed by atoms with Gasteiger partial charge < -0.3 is 10.2 Å². The highest BCUT2D eigenvalue weighted by Gasteiger charge is 2.35. The van der Waals surface area contributed by atoms with E-state index in [1.54, 1.807) is 0 Å². The van der Waals surface area contributed by atoms with Crippen molar-refractivity contribution in [2.24, 2.45) is 5.41 Å². The van der Waals surface area contributed by atoms with Gasteiger partial charge in [0.05, 0.1) is 5.69 Å². The number of fused-ring (bicyclic) bond motifs is 1. The van der Waals surface area contributed by atoms with Gasteiger partial charge in [0.2, 0.25) is 0 Å². The summed E-state index contributed by atoms with van der Waals surface area (Å²) in [6, 6.07) is 0.495. The van der Waals surface area contributed by atoms with Gasteiger partial charge in [-0.2, -0.15) is 0 Å². The van der Waals surface area contributed by atoms with Gasteiger partial charge in [-0.3, -0.25) is 0 Å². The van der Waals surface area contributed by atoms with Crippen molar-refractivity contribution in [3.63, 3.8) is 0 Å². The molecule has 0 bridgehead atoms. The average molecular weight is 295 g/mol. The highest BCUT2D eigenvalue weighted by atomic mass is 32.1. The molecule has 20 heavy (non-hydrogen) atoms. The third kappa shape index (κ3) is 3.53. The van der Waals surface area contributed by atoms with E-state index in [0.717, 1.165) is 19.5 Å². The monoisotopic (exact) mass is 295 g/mol. The number of hydrogen-bond acceptors (Lipinski definition) is 4. The standard InChI is InChI=1S/C16H29N3S/c1-6-8-17-12-10-16(3,4)11-13-14(12)20-15(18-13)19(5)9-7-2/h12,17H,6-11H2,1-5H3. The molecule has 0 saturated carbocycles. The fraction of sp³-hybridized carbons (Fsp3) is 0.812. The molecular formula is C16H29N3S. The van der Waals surface area contributed by atoms with E-state index in [1.165, 1.54) is 35.0 Å². The van der Waals surface area contributed by atoms with Crippen LogP contribution < -0.4 is 10.2 Å². The average Bonchev–Trinajstić information content (AvgIpc) is 2.78. The van der Waals surface area contributed by atoms with E-state index in [2.05, 4.69) is 45.0 Å². The molecule has 0 radical (unpaired) electrons. The van der Waals surface area contributed by atoms with Crippen LogP contribution in [-0.2, 0) is 6.42 Å². The fourth-order valence-corrected chi connectivity index (χ4v) is 4.14. The van der Waals surface area contributed by atoms with Crippen LogP contribution in [0.2, 0.25) is 0 Å². The molecule has 0 spiro atoms. The molecule has 0 aromatic carbocycles. The van der Waals surface area contributed by atoms with Gasteiger partial charge in [-0.25, -0.2) is 4.98 Å². The molecule has 1 aromatic heterocycles. The predicted octanol–water partition coefficient (Wildman–Crippen LogP) is 4.00. The lowest BCUT2D eigenvalue weighted by Gasteiger charge is -2.34. The molecule has 0 amide bonds. The first kappa shape index (κ1) is 15.8. The minimum absolute atomic E-state index is 0.354. The molecule has 1 atom stereocenters. The highest BCUT2D eigenvalue weighted by Crippen LogP contribution is 2.44. The summed E-state index contributed by atoms with van der Waals surface area (Å²) in [5, 5.41) is 4.91. The summed E-state index contributed by atoms with van der Waals surface area (Å²) in [7, 11) is 2.16. The third-order valence-electron chi connectivity index (χ3n) is 3.96. The smallest absolute Gasteiger partial charge is 0.185 e. The molecule has 1 aliphatic carbocycles. The summed E-state index contributed by atoms with van der Waals surface area (Å²) in [6.07, 6.45) is 4.69. The van der Waals surface area contributed by atoms with Crippen LogP contribution in [0.1, 0.15) is 63.6 Å². The van der Waals surface area contributed by atoms with Crippen molar-refractivity contribution < 1.29 is 0 Å². The lowest BCUT2D eigenvalue weighted by Crippen LogP contribution is -2.33. The Bertz CT molecular complexity index is 439. The van der Waals surface area contributed by atoms with Crippen molar-refractivity contribution in [2.45, 2.75) is 59.4 Å². The van der Waals surface area contributed by atoms with Crippen molar-refractivity contribution in [3.8, 4) is 0 Å². The molecule has 3 nitrogen and oxygen atoms in total. The van der Waals surface area contributed by atoms with E-state index in [4.69, 9.17) is 4.98 Å². The van der Waals surface area contributed by atoms with Crippen molar-refractivity contribution >= 4 is 16.5 Å². The number of nitrogens with one attached hydrogen (secondary N) is 1. The van der Waals surface area contributed by atoms with E-state index in [0.29, 0.717) is 11.5 Å². The Labute approximate surface area is 127 Å². The Morgan fingerprint density at radius 3 is 2.75 bits per heavy atom. The van der Waals surface area contributed by atoms with E-state index < -0.39 is 0 Å². The summed E-state index contributed by atoms with van der Waals surface area (Å²) in [6.45, 7) is 11.4. The number of thiazole rings is 1. The van der Waals surface area contributed by atoms with E-state index >= 15 is 0 Å². The largest absolute Gasteiger partial charge is 0.351 e. The summed E-state index contributed by atoms with van der Waals surface area (Å²) in [5.74, 6) is 0. The summed E-state index contributed by atoms with van der Waals surface area (Å²) in [5.41, 5.74) is 1.69. The number of hydrogen-bond donors (Lipinski definition) is 1. The van der Waals surface area contributed by atoms with E-state index in [1.807, 2.05) is 11.3 Å². The van der Waals surface area contributed by atoms with E-state index in [-0.39, 0.29) is 0 Å². The number of anilines is 1. The van der Waals surface area contributed by atoms with Gasteiger partial charge in [-0.15, -0.1) is 0 Å². The summed E-state index contributed by atoms with van der Waals surface area (Å²) >= 11 is 1.89. The molecular weight excluding hydrogens is 266 g/mol. The van der Waals surface area contributed by atoms with Gasteiger partial charge in [-0.05, 0) is 37.6 Å². The quantitative estimate of drug-likeness (QED) is 0.859. The van der Waals surface area contributed by atoms with Crippen LogP contribution in [0.4, 0.5) is 5.13 Å². The maximum absolute atomic E-state index is 4.93. The molecule has 4 heteroatoms. The van der Waals surface area contributed by atoms with Crippen molar-refractivity contribution in [3.05, 3.63) is 10.6 Å². The van der Waals surface area contributed by atoms with Gasteiger partial charge in [0.1, 0.15) is 0 Å². The molecule has 0 saturated heterocycles. The molecule has 2 rings (SSSR count). The molecule has 1 N–H and O–H groups in total. The lowest BCUT2D eigenvalue weighted by atomic mass is 9.76. The molecule has 1 aliphatic rings. The topological polar surface area (TPSA) is 28.2 Å². The van der Waals surface area contributed by atoms with Crippen LogP contribution in [0.25, 0.3) is 0 Å². The van der Waals surface area contributed by atoms with Crippen LogP contribution in [-0.4, -0.2) is 25.1 Å². The van der Waals surface area contributed by atoms with Crippen molar-refractivity contribution in [1.82, 2.24) is 10.3 Å². The minimum Gasteiger partial charge on any atom is -0.351 e. The van der Waals surface area contributed by atoms with E-state index in [9.17, 15) is 0 Å². The van der Waals surface area contributed by atoms with Gasteiger partial charge in [0, 0.05) is 24.5 Å². The van der Waals surface area contributed by atoms with Gasteiger partial charge in [-0.1, -0.05) is 39.0 Å². The van der Waals surface area contributed by atoms with Crippen LogP contribution in [0.3, 0.4) is 0 Å². The molecule has 0 fully saturated rings. The zero-order valence-corrected chi connectivity index (χ0v) is 14.4. The number of rotatable bonds is 6. The Morgan fingerprint density at radius 1 is 1.35 bits per heavy atom. The number of aromatic nitrogens is 1. The first-order valence-corrected chi connectivity index (χ1v) is 8.72. The van der Waals surface area contributed by atoms with Gasteiger partial charge in [0.25, 0.3) is 0 Å². The zero-order valence-electron chi connectivity index (χ0n) is 13.6. The van der Waals surface area contributed by atoms with Crippen LogP contribution in [0, 0.1) is 5.41 Å². The second-order valence-corrected chi connectivity index (χ2v) is 7.79. The fourth-order valence-electron chi connectivity index (χ4n) is 3.00. The molecule has 1 unspecified atom stereocenters. The van der Waals surface area contributed by atoms with Crippen LogP contribution in [0.5, 0.6) is 0 Å². The normalized spacial score (nSPS) is 20.8. The predicted molar refractivity (Wildman–Crippen MR) is 88.8 cm³/mol. The Balaban J connectivity index is 2.24. The van der Waals surface area contributed by atoms with Gasteiger partial charge in [0.15, 0.2) is 5.13 Å². The van der Waals surface area contributed by atoms with Crippen molar-refractivity contribution in [2.75, 3.05) is 25.0 Å². The maximum atomic E-state index is 4.93.